The van der Waals surface area contributed by atoms with Crippen LogP contribution in [0.2, 0.25) is 0 Å². The Kier molecular flexibility index (Phi) is 7.38. The lowest BCUT2D eigenvalue weighted by atomic mass is 10.2. The highest BCUT2D eigenvalue weighted by Crippen LogP contribution is 2.30. The third-order valence-electron chi connectivity index (χ3n) is 4.87. The van der Waals surface area contributed by atoms with Gasteiger partial charge in [-0.3, -0.25) is 9.10 Å². The summed E-state index contributed by atoms with van der Waals surface area (Å²) >= 11 is 3.33. The number of nitrogens with one attached hydrogen (secondary N) is 1. The lowest BCUT2D eigenvalue weighted by molar-refractivity contribution is -0.120. The monoisotopic (exact) mass is 496 g/mol. The van der Waals surface area contributed by atoms with Crippen LogP contribution in [0.5, 0.6) is 5.75 Å². The van der Waals surface area contributed by atoms with Gasteiger partial charge in [0.15, 0.2) is 0 Å². The molecule has 1 fully saturated rings. The number of nitrogens with zero attached hydrogens (tertiary/aromatic N) is 1. The number of carbonyl (C=O) groups is 1. The van der Waals surface area contributed by atoms with Gasteiger partial charge in [0, 0.05) is 13.2 Å². The quantitative estimate of drug-likeness (QED) is 0.606. The summed E-state index contributed by atoms with van der Waals surface area (Å²) in [7, 11) is -2.49. The molecule has 1 heterocycles. The van der Waals surface area contributed by atoms with Gasteiger partial charge < -0.3 is 14.8 Å². The fourth-order valence-electron chi connectivity index (χ4n) is 3.18. The summed E-state index contributed by atoms with van der Waals surface area (Å²) in [6, 6.07) is 11.5. The molecule has 3 rings (SSSR count). The van der Waals surface area contributed by atoms with Gasteiger partial charge in [-0.05, 0) is 66.0 Å². The second-order valence-corrected chi connectivity index (χ2v) is 9.80. The fraction of sp³-hybridized carbons (Fsp3) is 0.381. The second kappa shape index (κ2) is 9.80. The van der Waals surface area contributed by atoms with Crippen molar-refractivity contribution in [3.8, 4) is 5.75 Å². The Morgan fingerprint density at radius 1 is 1.27 bits per heavy atom. The lowest BCUT2D eigenvalue weighted by Gasteiger charge is -2.25. The summed E-state index contributed by atoms with van der Waals surface area (Å²) in [6.45, 7) is 2.64. The number of hydrogen-bond donors (Lipinski definition) is 1. The van der Waals surface area contributed by atoms with E-state index in [0.717, 1.165) is 22.7 Å². The van der Waals surface area contributed by atoms with Gasteiger partial charge in [0.25, 0.3) is 10.0 Å². The van der Waals surface area contributed by atoms with Gasteiger partial charge in [0.05, 0.1) is 28.3 Å². The zero-order chi connectivity index (χ0) is 21.7. The minimum absolute atomic E-state index is 0.0177. The molecule has 1 N–H and O–H groups in total. The number of sulfonamides is 1. The molecule has 1 amide bonds. The molecule has 2 aromatic rings. The third-order valence-corrected chi connectivity index (χ3v) is 7.26. The summed E-state index contributed by atoms with van der Waals surface area (Å²) in [4.78, 5) is 12.7. The number of aryl methyl sites for hydroxylation is 1. The minimum atomic E-state index is -3.99. The lowest BCUT2D eigenvalue weighted by Crippen LogP contribution is -2.42. The molecule has 0 spiro atoms. The molecular weight excluding hydrogens is 472 g/mol. The van der Waals surface area contributed by atoms with E-state index in [1.165, 1.54) is 19.2 Å². The highest BCUT2D eigenvalue weighted by Gasteiger charge is 2.28. The number of benzene rings is 2. The van der Waals surface area contributed by atoms with Gasteiger partial charge in [-0.15, -0.1) is 0 Å². The predicted molar refractivity (Wildman–Crippen MR) is 118 cm³/mol. The van der Waals surface area contributed by atoms with Gasteiger partial charge in [-0.25, -0.2) is 8.42 Å². The van der Waals surface area contributed by atoms with Crippen LogP contribution in [-0.4, -0.2) is 47.2 Å². The Hall–Kier alpha value is -2.10. The third kappa shape index (κ3) is 5.33. The van der Waals surface area contributed by atoms with E-state index in [-0.39, 0.29) is 23.5 Å². The van der Waals surface area contributed by atoms with E-state index >= 15 is 0 Å². The zero-order valence-corrected chi connectivity index (χ0v) is 19.3. The largest absolute Gasteiger partial charge is 0.496 e. The Balaban J connectivity index is 1.87. The van der Waals surface area contributed by atoms with Gasteiger partial charge in [-0.1, -0.05) is 17.7 Å². The van der Waals surface area contributed by atoms with Crippen LogP contribution in [0, 0.1) is 6.92 Å². The standard InChI is InChI=1S/C21H25BrN2O5S/c1-15-5-7-16(8-6-15)24(14-21(25)23-13-17-4-3-11-29-17)30(26,27)18-9-10-20(28-2)19(22)12-18/h5-10,12,17H,3-4,11,13-14H2,1-2H3,(H,23,25)/t17-/m0/s1. The van der Waals surface area contributed by atoms with Crippen LogP contribution in [0.25, 0.3) is 0 Å². The van der Waals surface area contributed by atoms with Gasteiger partial charge >= 0.3 is 0 Å². The molecule has 30 heavy (non-hydrogen) atoms. The number of ether oxygens (including phenoxy) is 2. The van der Waals surface area contributed by atoms with Crippen LogP contribution >= 0.6 is 15.9 Å². The molecule has 1 atom stereocenters. The first-order valence-electron chi connectivity index (χ1n) is 9.62. The Bertz CT molecular complexity index is 989. The molecule has 0 bridgehead atoms. The summed E-state index contributed by atoms with van der Waals surface area (Å²) < 4.78 is 39.2. The SMILES string of the molecule is COc1ccc(S(=O)(=O)N(CC(=O)NC[C@@H]2CCCO2)c2ccc(C)cc2)cc1Br. The number of rotatable bonds is 8. The first-order valence-corrected chi connectivity index (χ1v) is 11.9. The van der Waals surface area contributed by atoms with Gasteiger partial charge in [0.1, 0.15) is 12.3 Å². The maximum Gasteiger partial charge on any atom is 0.264 e. The summed E-state index contributed by atoms with van der Waals surface area (Å²) in [5.41, 5.74) is 1.41. The smallest absolute Gasteiger partial charge is 0.264 e. The first kappa shape index (κ1) is 22.6. The van der Waals surface area contributed by atoms with E-state index < -0.39 is 10.0 Å². The predicted octanol–water partition coefficient (Wildman–Crippen LogP) is 3.26. The van der Waals surface area contributed by atoms with Crippen LogP contribution in [0.15, 0.2) is 51.8 Å². The van der Waals surface area contributed by atoms with Crippen molar-refractivity contribution in [2.75, 3.05) is 31.1 Å². The van der Waals surface area contributed by atoms with E-state index in [4.69, 9.17) is 9.47 Å². The van der Waals surface area contributed by atoms with Crippen molar-refractivity contribution in [1.82, 2.24) is 5.32 Å². The second-order valence-electron chi connectivity index (χ2n) is 7.08. The van der Waals surface area contributed by atoms with Crippen molar-refractivity contribution in [3.05, 3.63) is 52.5 Å². The minimum Gasteiger partial charge on any atom is -0.496 e. The molecule has 0 unspecified atom stereocenters. The maximum absolute atomic E-state index is 13.4. The molecule has 0 aliphatic carbocycles. The van der Waals surface area contributed by atoms with Crippen molar-refractivity contribution < 1.29 is 22.7 Å². The van der Waals surface area contributed by atoms with Gasteiger partial charge in [0.2, 0.25) is 5.91 Å². The van der Waals surface area contributed by atoms with Crippen molar-refractivity contribution in [3.63, 3.8) is 0 Å². The molecule has 7 nitrogen and oxygen atoms in total. The number of carbonyl (C=O) groups excluding carboxylic acids is 1. The van der Waals surface area contributed by atoms with Crippen LogP contribution in [0.1, 0.15) is 18.4 Å². The number of amides is 1. The molecule has 162 valence electrons. The number of hydrogen-bond acceptors (Lipinski definition) is 5. The number of anilines is 1. The highest BCUT2D eigenvalue weighted by atomic mass is 79.9. The van der Waals surface area contributed by atoms with Crippen LogP contribution in [0.4, 0.5) is 5.69 Å². The number of methoxy groups -OCH3 is 1. The molecule has 1 aliphatic heterocycles. The molecule has 0 radical (unpaired) electrons. The first-order chi connectivity index (χ1) is 14.3. The molecule has 1 saturated heterocycles. The molecule has 1 aliphatic rings. The average molecular weight is 497 g/mol. The highest BCUT2D eigenvalue weighted by molar-refractivity contribution is 9.10. The maximum atomic E-state index is 13.4. The average Bonchev–Trinajstić information content (AvgIpc) is 3.25. The normalized spacial score (nSPS) is 16.3. The van der Waals surface area contributed by atoms with E-state index in [9.17, 15) is 13.2 Å². The van der Waals surface area contributed by atoms with Crippen LogP contribution in [-0.2, 0) is 19.6 Å². The van der Waals surface area contributed by atoms with E-state index in [0.29, 0.717) is 29.1 Å². The van der Waals surface area contributed by atoms with Crippen LogP contribution in [0.3, 0.4) is 0 Å². The van der Waals surface area contributed by atoms with Crippen molar-refractivity contribution in [2.45, 2.75) is 30.8 Å². The summed E-state index contributed by atoms with van der Waals surface area (Å²) in [6.07, 6.45) is 1.84. The van der Waals surface area contributed by atoms with Crippen LogP contribution < -0.4 is 14.4 Å². The topological polar surface area (TPSA) is 84.9 Å². The number of halogens is 1. The Labute approximate surface area is 185 Å². The summed E-state index contributed by atoms with van der Waals surface area (Å²) in [5, 5.41) is 2.79. The molecule has 0 saturated carbocycles. The van der Waals surface area contributed by atoms with E-state index in [1.54, 1.807) is 18.2 Å². The Morgan fingerprint density at radius 2 is 2.00 bits per heavy atom. The molecule has 0 aromatic heterocycles. The van der Waals surface area contributed by atoms with E-state index in [2.05, 4.69) is 21.2 Å². The van der Waals surface area contributed by atoms with Crippen molar-refractivity contribution in [2.24, 2.45) is 0 Å². The zero-order valence-electron chi connectivity index (χ0n) is 16.9. The molecular formula is C21H25BrN2O5S. The molecule has 2 aromatic carbocycles. The van der Waals surface area contributed by atoms with Gasteiger partial charge in [-0.2, -0.15) is 0 Å². The van der Waals surface area contributed by atoms with E-state index in [1.807, 2.05) is 19.1 Å². The fourth-order valence-corrected chi connectivity index (χ4v) is 5.32. The van der Waals surface area contributed by atoms with Crippen molar-refractivity contribution in [1.29, 1.82) is 0 Å². The molecule has 9 heteroatoms. The summed E-state index contributed by atoms with van der Waals surface area (Å²) in [5.74, 6) is 0.132. The van der Waals surface area contributed by atoms with Crippen molar-refractivity contribution >= 4 is 37.5 Å². The Morgan fingerprint density at radius 3 is 2.60 bits per heavy atom.